The molecule has 206 valence electrons. The molecular weight excluding hydrogens is 460 g/mol. The Kier molecular flexibility index (Phi) is 11.8. The fourth-order valence-electron chi connectivity index (χ4n) is 6.27. The molecule has 1 aliphatic carbocycles. The van der Waals surface area contributed by atoms with Crippen LogP contribution in [0.3, 0.4) is 0 Å². The first kappa shape index (κ1) is 29.5. The van der Waals surface area contributed by atoms with Gasteiger partial charge in [-0.3, -0.25) is 0 Å². The lowest BCUT2D eigenvalue weighted by molar-refractivity contribution is 0.199. The van der Waals surface area contributed by atoms with Crippen LogP contribution >= 0.6 is 0 Å². The van der Waals surface area contributed by atoms with Gasteiger partial charge in [-0.1, -0.05) is 90.5 Å². The van der Waals surface area contributed by atoms with Crippen molar-refractivity contribution >= 4 is 0 Å². The van der Waals surface area contributed by atoms with Crippen molar-refractivity contribution in [3.63, 3.8) is 0 Å². The van der Waals surface area contributed by atoms with Gasteiger partial charge in [-0.05, 0) is 71.9 Å². The minimum absolute atomic E-state index is 0.000975. The molecule has 2 aromatic carbocycles. The Hall–Kier alpha value is -2.04. The molecule has 2 aromatic rings. The van der Waals surface area contributed by atoms with E-state index in [0.717, 1.165) is 75.7 Å². The molecule has 0 aliphatic heterocycles. The molecule has 2 N–H and O–H groups in total. The molecule has 4 nitrogen and oxygen atoms in total. The molecule has 1 fully saturated rings. The number of hydrogen-bond donors (Lipinski definition) is 2. The van der Waals surface area contributed by atoms with Gasteiger partial charge in [0, 0.05) is 5.41 Å². The van der Waals surface area contributed by atoms with E-state index in [2.05, 4.69) is 52.0 Å². The maximum absolute atomic E-state index is 9.45. The molecule has 37 heavy (non-hydrogen) atoms. The Morgan fingerprint density at radius 3 is 1.19 bits per heavy atom. The molecule has 0 radical (unpaired) electrons. The van der Waals surface area contributed by atoms with E-state index in [9.17, 15) is 10.2 Å². The van der Waals surface area contributed by atoms with Gasteiger partial charge >= 0.3 is 0 Å². The van der Waals surface area contributed by atoms with Gasteiger partial charge in [0.05, 0.1) is 13.2 Å². The van der Waals surface area contributed by atoms with Crippen LogP contribution in [0.5, 0.6) is 11.5 Å². The number of aliphatic hydroxyl groups excluding tert-OH is 2. The summed E-state index contributed by atoms with van der Waals surface area (Å²) in [5, 5.41) is 18.9. The van der Waals surface area contributed by atoms with Gasteiger partial charge in [-0.25, -0.2) is 0 Å². The van der Waals surface area contributed by atoms with E-state index in [1.54, 1.807) is 0 Å². The lowest BCUT2D eigenvalue weighted by Gasteiger charge is -2.34. The average Bonchev–Trinajstić information content (AvgIpc) is 3.39. The fraction of sp³-hybridized carbons (Fsp3) is 0.636. The summed E-state index contributed by atoms with van der Waals surface area (Å²) >= 11 is 0. The highest BCUT2D eigenvalue weighted by Gasteiger charge is 2.39. The molecule has 0 saturated heterocycles. The highest BCUT2D eigenvalue weighted by atomic mass is 16.5. The largest absolute Gasteiger partial charge is 0.491 e. The van der Waals surface area contributed by atoms with Gasteiger partial charge in [0.2, 0.25) is 0 Å². The van der Waals surface area contributed by atoms with E-state index >= 15 is 0 Å². The van der Waals surface area contributed by atoms with Crippen LogP contribution in [0.25, 0.3) is 0 Å². The topological polar surface area (TPSA) is 58.9 Å². The SMILES string of the molecule is CCCc1cc(C2(c3cc(CCC)c(OCCO)c(CCC)c3)CCCC2)cc(CCC)c1OCCO. The number of ether oxygens (including phenoxy) is 2. The van der Waals surface area contributed by atoms with Crippen LogP contribution in [0.2, 0.25) is 0 Å². The Balaban J connectivity index is 2.22. The van der Waals surface area contributed by atoms with Crippen molar-refractivity contribution in [1.29, 1.82) is 0 Å². The van der Waals surface area contributed by atoms with Crippen molar-refractivity contribution < 1.29 is 19.7 Å². The molecule has 0 heterocycles. The molecule has 0 spiro atoms. The number of rotatable bonds is 16. The highest BCUT2D eigenvalue weighted by Crippen LogP contribution is 2.49. The van der Waals surface area contributed by atoms with Crippen LogP contribution in [0.1, 0.15) is 112 Å². The molecular formula is C33H50O4. The van der Waals surface area contributed by atoms with E-state index < -0.39 is 0 Å². The summed E-state index contributed by atoms with van der Waals surface area (Å²) in [7, 11) is 0. The Bertz CT molecular complexity index is 847. The lowest BCUT2D eigenvalue weighted by atomic mass is 9.71. The smallest absolute Gasteiger partial charge is 0.125 e. The van der Waals surface area contributed by atoms with E-state index in [0.29, 0.717) is 13.2 Å². The van der Waals surface area contributed by atoms with Crippen LogP contribution in [0.4, 0.5) is 0 Å². The van der Waals surface area contributed by atoms with Crippen LogP contribution in [-0.4, -0.2) is 36.6 Å². The predicted octanol–water partition coefficient (Wildman–Crippen LogP) is 7.10. The Morgan fingerprint density at radius 1 is 0.595 bits per heavy atom. The molecule has 4 heteroatoms. The summed E-state index contributed by atoms with van der Waals surface area (Å²) < 4.78 is 12.3. The van der Waals surface area contributed by atoms with Crippen LogP contribution in [0.15, 0.2) is 24.3 Å². The zero-order valence-corrected chi connectivity index (χ0v) is 23.8. The highest BCUT2D eigenvalue weighted by molar-refractivity contribution is 5.54. The van der Waals surface area contributed by atoms with Crippen molar-refractivity contribution in [1.82, 2.24) is 0 Å². The predicted molar refractivity (Wildman–Crippen MR) is 153 cm³/mol. The maximum Gasteiger partial charge on any atom is 0.125 e. The van der Waals surface area contributed by atoms with Gasteiger partial charge in [0.25, 0.3) is 0 Å². The van der Waals surface area contributed by atoms with Crippen LogP contribution < -0.4 is 9.47 Å². The third-order valence-corrected chi connectivity index (χ3v) is 7.80. The van der Waals surface area contributed by atoms with Gasteiger partial charge < -0.3 is 19.7 Å². The second kappa shape index (κ2) is 14.8. The number of aliphatic hydroxyl groups is 2. The molecule has 1 aliphatic rings. The first-order chi connectivity index (χ1) is 18.1. The second-order valence-electron chi connectivity index (χ2n) is 10.7. The third kappa shape index (κ3) is 6.89. The molecule has 0 bridgehead atoms. The average molecular weight is 511 g/mol. The van der Waals surface area contributed by atoms with Crippen molar-refractivity contribution in [2.24, 2.45) is 0 Å². The zero-order valence-electron chi connectivity index (χ0n) is 23.8. The molecule has 0 amide bonds. The summed E-state index contributed by atoms with van der Waals surface area (Å²) in [6.45, 7) is 9.67. The van der Waals surface area contributed by atoms with Gasteiger partial charge in [-0.15, -0.1) is 0 Å². The minimum atomic E-state index is 0.000975. The van der Waals surface area contributed by atoms with Gasteiger partial charge in [-0.2, -0.15) is 0 Å². The minimum Gasteiger partial charge on any atom is -0.491 e. The molecule has 1 saturated carbocycles. The molecule has 3 rings (SSSR count). The van der Waals surface area contributed by atoms with Crippen molar-refractivity contribution in [2.75, 3.05) is 26.4 Å². The van der Waals surface area contributed by atoms with E-state index in [1.165, 1.54) is 46.2 Å². The Morgan fingerprint density at radius 2 is 0.919 bits per heavy atom. The number of hydrogen-bond acceptors (Lipinski definition) is 4. The summed E-state index contributed by atoms with van der Waals surface area (Å²) in [6, 6.07) is 9.71. The summed E-state index contributed by atoms with van der Waals surface area (Å²) in [5.41, 5.74) is 8.01. The van der Waals surface area contributed by atoms with Crippen molar-refractivity contribution in [3.8, 4) is 11.5 Å². The third-order valence-electron chi connectivity index (χ3n) is 7.80. The standard InChI is InChI=1S/C33H50O4/c1-5-11-25-21-29(22-26(12-6-2)31(25)36-19-17-34)33(15-9-10-16-33)30-23-27(13-7-3)32(37-20-18-35)28(24-30)14-8-4/h21-24,34-35H,5-20H2,1-4H3. The van der Waals surface area contributed by atoms with Crippen molar-refractivity contribution in [2.45, 2.75) is 110 Å². The molecule has 0 atom stereocenters. The Labute approximate surface area is 225 Å². The van der Waals surface area contributed by atoms with E-state index in [-0.39, 0.29) is 18.6 Å². The quantitative estimate of drug-likeness (QED) is 0.253. The second-order valence-corrected chi connectivity index (χ2v) is 10.7. The number of benzene rings is 2. The van der Waals surface area contributed by atoms with E-state index in [1.807, 2.05) is 0 Å². The molecule has 0 aromatic heterocycles. The summed E-state index contributed by atoms with van der Waals surface area (Å²) in [5.74, 6) is 2.00. The molecule has 0 unspecified atom stereocenters. The van der Waals surface area contributed by atoms with Gasteiger partial charge in [0.15, 0.2) is 0 Å². The summed E-state index contributed by atoms with van der Waals surface area (Å²) in [6.07, 6.45) is 13.0. The van der Waals surface area contributed by atoms with Crippen molar-refractivity contribution in [3.05, 3.63) is 57.6 Å². The monoisotopic (exact) mass is 510 g/mol. The first-order valence-corrected chi connectivity index (χ1v) is 14.9. The maximum atomic E-state index is 9.45. The normalized spacial score (nSPS) is 14.8. The summed E-state index contributed by atoms with van der Waals surface area (Å²) in [4.78, 5) is 0. The fourth-order valence-corrected chi connectivity index (χ4v) is 6.27. The van der Waals surface area contributed by atoms with Gasteiger partial charge in [0.1, 0.15) is 24.7 Å². The zero-order chi connectivity index (χ0) is 26.7. The van der Waals surface area contributed by atoms with Crippen LogP contribution in [-0.2, 0) is 31.1 Å². The lowest BCUT2D eigenvalue weighted by Crippen LogP contribution is -2.25. The van der Waals surface area contributed by atoms with Crippen LogP contribution in [0, 0.1) is 0 Å². The number of aryl methyl sites for hydroxylation is 4. The van der Waals surface area contributed by atoms with E-state index in [4.69, 9.17) is 9.47 Å². The first-order valence-electron chi connectivity index (χ1n) is 14.9.